The molecule has 2 aliphatic rings. The lowest BCUT2D eigenvalue weighted by Crippen LogP contribution is -2.36. The number of amides is 1. The molecule has 1 amide bonds. The predicted molar refractivity (Wildman–Crippen MR) is 67.7 cm³/mol. The van der Waals surface area contributed by atoms with Crippen molar-refractivity contribution in [3.8, 4) is 11.4 Å². The summed E-state index contributed by atoms with van der Waals surface area (Å²) in [5.74, 6) is 0.719. The second-order valence-corrected chi connectivity index (χ2v) is 4.95. The van der Waals surface area contributed by atoms with E-state index in [1.807, 2.05) is 17.8 Å². The van der Waals surface area contributed by atoms with Gasteiger partial charge < -0.3 is 5.32 Å². The molecule has 19 heavy (non-hydrogen) atoms. The van der Waals surface area contributed by atoms with Gasteiger partial charge in [-0.25, -0.2) is 9.97 Å². The number of nitrogens with one attached hydrogen (secondary N) is 1. The zero-order valence-corrected chi connectivity index (χ0v) is 10.6. The molecule has 0 saturated heterocycles. The molecule has 96 valence electrons. The van der Waals surface area contributed by atoms with Crippen LogP contribution in [-0.4, -0.2) is 32.2 Å². The van der Waals surface area contributed by atoms with Crippen LogP contribution in [0.15, 0.2) is 6.20 Å². The topological polar surface area (TPSA) is 72.7 Å². The Balaban J connectivity index is 1.98. The van der Waals surface area contributed by atoms with E-state index in [9.17, 15) is 4.79 Å². The third-order valence-electron chi connectivity index (χ3n) is 3.73. The van der Waals surface area contributed by atoms with Crippen LogP contribution in [0, 0.1) is 6.92 Å². The van der Waals surface area contributed by atoms with Gasteiger partial charge in [0, 0.05) is 18.3 Å². The monoisotopic (exact) mass is 255 g/mol. The molecule has 0 fully saturated rings. The van der Waals surface area contributed by atoms with Gasteiger partial charge in [-0.05, 0) is 25.3 Å². The van der Waals surface area contributed by atoms with E-state index >= 15 is 0 Å². The molecular weight excluding hydrogens is 242 g/mol. The van der Waals surface area contributed by atoms with Crippen LogP contribution >= 0.6 is 0 Å². The molecule has 4 rings (SSSR count). The molecule has 0 bridgehead atoms. The van der Waals surface area contributed by atoms with E-state index in [0.29, 0.717) is 12.2 Å². The third-order valence-corrected chi connectivity index (χ3v) is 3.73. The van der Waals surface area contributed by atoms with Crippen molar-refractivity contribution < 1.29 is 4.79 Å². The predicted octanol–water partition coefficient (Wildman–Crippen LogP) is 0.491. The zero-order chi connectivity index (χ0) is 13.0. The first kappa shape index (κ1) is 10.7. The molecule has 2 aromatic rings. The highest BCUT2D eigenvalue weighted by atomic mass is 16.2. The lowest BCUT2D eigenvalue weighted by atomic mass is 9.93. The standard InChI is InChI=1S/C13H13N5O/c1-7-15-6-8-2-3-9-11(10(8)16-7)17-18-5-4-14-13(19)12(9)18/h6H,2-5H2,1H3,(H,14,19). The Morgan fingerprint density at radius 2 is 2.21 bits per heavy atom. The molecule has 0 radical (unpaired) electrons. The van der Waals surface area contributed by atoms with Crippen molar-refractivity contribution in [2.75, 3.05) is 6.54 Å². The molecule has 3 heterocycles. The maximum atomic E-state index is 12.0. The number of hydrogen-bond acceptors (Lipinski definition) is 4. The fourth-order valence-electron chi connectivity index (χ4n) is 2.84. The Hall–Kier alpha value is -2.24. The van der Waals surface area contributed by atoms with Gasteiger partial charge in [0.15, 0.2) is 0 Å². The number of aromatic nitrogens is 4. The molecular formula is C13H13N5O. The highest BCUT2D eigenvalue weighted by Crippen LogP contribution is 2.33. The van der Waals surface area contributed by atoms with Crippen LogP contribution in [0.4, 0.5) is 0 Å². The summed E-state index contributed by atoms with van der Waals surface area (Å²) in [4.78, 5) is 20.7. The third kappa shape index (κ3) is 1.43. The lowest BCUT2D eigenvalue weighted by molar-refractivity contribution is 0.0923. The van der Waals surface area contributed by atoms with E-state index in [1.54, 1.807) is 0 Å². The molecule has 0 saturated carbocycles. The highest BCUT2D eigenvalue weighted by molar-refractivity contribution is 5.96. The summed E-state index contributed by atoms with van der Waals surface area (Å²) in [5.41, 5.74) is 4.61. The Bertz CT molecular complexity index is 703. The summed E-state index contributed by atoms with van der Waals surface area (Å²) in [6.07, 6.45) is 3.57. The van der Waals surface area contributed by atoms with E-state index in [1.165, 1.54) is 0 Å². The number of rotatable bonds is 0. The average Bonchev–Trinajstić information content (AvgIpc) is 2.79. The minimum atomic E-state index is -0.0192. The Labute approximate surface area is 109 Å². The van der Waals surface area contributed by atoms with Crippen LogP contribution in [0.5, 0.6) is 0 Å². The number of fused-ring (bicyclic) bond motifs is 5. The number of carbonyl (C=O) groups is 1. The quantitative estimate of drug-likeness (QED) is 0.743. The molecule has 0 unspecified atom stereocenters. The molecule has 0 spiro atoms. The second-order valence-electron chi connectivity index (χ2n) is 4.95. The van der Waals surface area contributed by atoms with E-state index in [4.69, 9.17) is 0 Å². The van der Waals surface area contributed by atoms with Crippen molar-refractivity contribution in [2.24, 2.45) is 0 Å². The first-order chi connectivity index (χ1) is 9.24. The summed E-state index contributed by atoms with van der Waals surface area (Å²) in [6, 6.07) is 0. The molecule has 6 nitrogen and oxygen atoms in total. The van der Waals surface area contributed by atoms with Crippen molar-refractivity contribution >= 4 is 5.91 Å². The molecule has 2 aromatic heterocycles. The maximum Gasteiger partial charge on any atom is 0.269 e. The summed E-state index contributed by atoms with van der Waals surface area (Å²) < 4.78 is 1.82. The number of aryl methyl sites for hydroxylation is 2. The van der Waals surface area contributed by atoms with Gasteiger partial charge in [-0.1, -0.05) is 0 Å². The van der Waals surface area contributed by atoms with Gasteiger partial charge in [-0.2, -0.15) is 5.10 Å². The van der Waals surface area contributed by atoms with Crippen LogP contribution in [0.1, 0.15) is 27.4 Å². The Morgan fingerprint density at radius 1 is 1.32 bits per heavy atom. The number of nitrogens with zero attached hydrogens (tertiary/aromatic N) is 4. The molecule has 1 N–H and O–H groups in total. The van der Waals surface area contributed by atoms with Gasteiger partial charge in [0.05, 0.1) is 12.2 Å². The van der Waals surface area contributed by atoms with E-state index < -0.39 is 0 Å². The molecule has 1 aliphatic carbocycles. The molecule has 0 atom stereocenters. The smallest absolute Gasteiger partial charge is 0.269 e. The van der Waals surface area contributed by atoms with Crippen molar-refractivity contribution in [2.45, 2.75) is 26.3 Å². The zero-order valence-electron chi connectivity index (χ0n) is 10.6. The van der Waals surface area contributed by atoms with Crippen LogP contribution < -0.4 is 5.32 Å². The summed E-state index contributed by atoms with van der Waals surface area (Å²) >= 11 is 0. The minimum Gasteiger partial charge on any atom is -0.349 e. The number of hydrogen-bond donors (Lipinski definition) is 1. The van der Waals surface area contributed by atoms with Gasteiger partial charge in [0.1, 0.15) is 17.2 Å². The molecule has 0 aromatic carbocycles. The van der Waals surface area contributed by atoms with Crippen molar-refractivity contribution in [1.82, 2.24) is 25.1 Å². The number of carbonyl (C=O) groups excluding carboxylic acids is 1. The highest BCUT2D eigenvalue weighted by Gasteiger charge is 2.30. The van der Waals surface area contributed by atoms with Gasteiger partial charge in [0.2, 0.25) is 0 Å². The molecule has 1 aliphatic heterocycles. The van der Waals surface area contributed by atoms with Gasteiger partial charge >= 0.3 is 0 Å². The van der Waals surface area contributed by atoms with Crippen LogP contribution in [0.3, 0.4) is 0 Å². The summed E-state index contributed by atoms with van der Waals surface area (Å²) in [7, 11) is 0. The van der Waals surface area contributed by atoms with Crippen LogP contribution in [0.2, 0.25) is 0 Å². The first-order valence-corrected chi connectivity index (χ1v) is 6.45. The Kier molecular flexibility index (Phi) is 2.04. The largest absolute Gasteiger partial charge is 0.349 e. The van der Waals surface area contributed by atoms with Crippen molar-refractivity contribution in [1.29, 1.82) is 0 Å². The Morgan fingerprint density at radius 3 is 3.11 bits per heavy atom. The van der Waals surface area contributed by atoms with E-state index in [0.717, 1.165) is 47.7 Å². The fourth-order valence-corrected chi connectivity index (χ4v) is 2.84. The summed E-state index contributed by atoms with van der Waals surface area (Å²) in [5, 5.41) is 7.47. The van der Waals surface area contributed by atoms with Crippen LogP contribution in [-0.2, 0) is 19.4 Å². The molecule has 6 heteroatoms. The lowest BCUT2D eigenvalue weighted by Gasteiger charge is -2.17. The first-order valence-electron chi connectivity index (χ1n) is 6.45. The van der Waals surface area contributed by atoms with Crippen molar-refractivity contribution in [3.05, 3.63) is 28.8 Å². The van der Waals surface area contributed by atoms with E-state index in [-0.39, 0.29) is 5.91 Å². The van der Waals surface area contributed by atoms with Crippen molar-refractivity contribution in [3.63, 3.8) is 0 Å². The average molecular weight is 255 g/mol. The summed E-state index contributed by atoms with van der Waals surface area (Å²) in [6.45, 7) is 3.24. The fraction of sp³-hybridized carbons (Fsp3) is 0.385. The van der Waals surface area contributed by atoms with Crippen LogP contribution in [0.25, 0.3) is 11.4 Å². The normalized spacial score (nSPS) is 16.4. The minimum absolute atomic E-state index is 0.0192. The van der Waals surface area contributed by atoms with Gasteiger partial charge in [-0.15, -0.1) is 0 Å². The van der Waals surface area contributed by atoms with Gasteiger partial charge in [0.25, 0.3) is 5.91 Å². The SMILES string of the molecule is Cc1ncc2c(n1)-c1nn3c(c1CC2)C(=O)NCC3. The van der Waals surface area contributed by atoms with Gasteiger partial charge in [-0.3, -0.25) is 9.48 Å². The second kappa shape index (κ2) is 3.63. The van der Waals surface area contributed by atoms with E-state index in [2.05, 4.69) is 20.4 Å². The maximum absolute atomic E-state index is 12.0.